The molecular formula is C24H36N2O5. The van der Waals surface area contributed by atoms with E-state index in [1.165, 1.54) is 6.07 Å². The molecule has 0 aromatic heterocycles. The number of hydrogen-bond donors (Lipinski definition) is 3. The van der Waals surface area contributed by atoms with Gasteiger partial charge in [0.15, 0.2) is 5.78 Å². The molecule has 7 heteroatoms. The maximum atomic E-state index is 12.9. The second-order valence-electron chi connectivity index (χ2n) is 8.49. The summed E-state index contributed by atoms with van der Waals surface area (Å²) < 4.78 is 5.12. The van der Waals surface area contributed by atoms with Crippen LogP contribution in [0.1, 0.15) is 75.7 Å². The van der Waals surface area contributed by atoms with Crippen LogP contribution < -0.4 is 10.6 Å². The number of nitrogens with one attached hydrogen (secondary N) is 2. The molecule has 1 aromatic rings. The van der Waals surface area contributed by atoms with Gasteiger partial charge in [0.1, 0.15) is 24.4 Å². The fraction of sp³-hybridized carbons (Fsp3) is 0.625. The summed E-state index contributed by atoms with van der Waals surface area (Å²) in [7, 11) is 0. The summed E-state index contributed by atoms with van der Waals surface area (Å²) >= 11 is 0. The Balaban J connectivity index is 0.00000166. The highest BCUT2D eigenvalue weighted by Gasteiger charge is 2.37. The van der Waals surface area contributed by atoms with E-state index in [0.717, 1.165) is 25.7 Å². The Morgan fingerprint density at radius 3 is 2.52 bits per heavy atom. The molecule has 3 N–H and O–H groups in total. The van der Waals surface area contributed by atoms with Gasteiger partial charge in [-0.05, 0) is 54.9 Å². The maximum Gasteiger partial charge on any atom is 0.251 e. The molecule has 1 saturated carbocycles. The number of phenols is 1. The molecule has 1 heterocycles. The van der Waals surface area contributed by atoms with Gasteiger partial charge < -0.3 is 20.5 Å². The third-order valence-corrected chi connectivity index (χ3v) is 6.09. The number of rotatable bonds is 7. The minimum atomic E-state index is -0.738. The van der Waals surface area contributed by atoms with Crippen LogP contribution in [0.2, 0.25) is 0 Å². The van der Waals surface area contributed by atoms with E-state index in [4.69, 9.17) is 4.74 Å². The molecule has 0 bridgehead atoms. The molecule has 31 heavy (non-hydrogen) atoms. The van der Waals surface area contributed by atoms with Crippen LogP contribution in [0.4, 0.5) is 0 Å². The first-order chi connectivity index (χ1) is 14.8. The van der Waals surface area contributed by atoms with Crippen molar-refractivity contribution in [3.8, 4) is 5.75 Å². The molecule has 1 aliphatic carbocycles. The number of carbonyl (C=O) groups is 3. The SMILES string of the molecule is CC.CCc1cc(C(=O)NC(CC2(C)CCCC2)C(=O)N[C@H]2COCC2=O)ccc1O. The lowest BCUT2D eigenvalue weighted by molar-refractivity contribution is -0.127. The Kier molecular flexibility index (Phi) is 9.04. The quantitative estimate of drug-likeness (QED) is 0.614. The molecular weight excluding hydrogens is 396 g/mol. The van der Waals surface area contributed by atoms with Crippen LogP contribution in [0.5, 0.6) is 5.75 Å². The average molecular weight is 433 g/mol. The highest BCUT2D eigenvalue weighted by Crippen LogP contribution is 2.41. The number of ether oxygens (including phenoxy) is 1. The summed E-state index contributed by atoms with van der Waals surface area (Å²) in [6.45, 7) is 8.22. The summed E-state index contributed by atoms with van der Waals surface area (Å²) in [6, 6.07) is 3.29. The molecule has 0 spiro atoms. The second-order valence-corrected chi connectivity index (χ2v) is 8.49. The lowest BCUT2D eigenvalue weighted by Gasteiger charge is -2.29. The van der Waals surface area contributed by atoms with Crippen molar-refractivity contribution in [2.24, 2.45) is 5.41 Å². The van der Waals surface area contributed by atoms with E-state index in [9.17, 15) is 19.5 Å². The highest BCUT2D eigenvalue weighted by molar-refractivity contribution is 5.99. The summed E-state index contributed by atoms with van der Waals surface area (Å²) in [5, 5.41) is 15.5. The van der Waals surface area contributed by atoms with E-state index >= 15 is 0 Å². The number of benzene rings is 1. The molecule has 2 fully saturated rings. The van der Waals surface area contributed by atoms with Gasteiger partial charge in [-0.1, -0.05) is 40.5 Å². The smallest absolute Gasteiger partial charge is 0.251 e. The third kappa shape index (κ3) is 6.53. The minimum Gasteiger partial charge on any atom is -0.508 e. The zero-order valence-corrected chi connectivity index (χ0v) is 19.1. The largest absolute Gasteiger partial charge is 0.508 e. The molecule has 1 aromatic carbocycles. The Morgan fingerprint density at radius 1 is 1.26 bits per heavy atom. The van der Waals surface area contributed by atoms with Crippen molar-refractivity contribution in [3.63, 3.8) is 0 Å². The number of carbonyl (C=O) groups excluding carboxylic acids is 3. The first kappa shape index (κ1) is 24.9. The van der Waals surface area contributed by atoms with E-state index in [-0.39, 0.29) is 42.0 Å². The van der Waals surface area contributed by atoms with Crippen LogP contribution in [0, 0.1) is 5.41 Å². The number of aryl methyl sites for hydroxylation is 1. The fourth-order valence-electron chi connectivity index (χ4n) is 4.25. The van der Waals surface area contributed by atoms with E-state index < -0.39 is 12.1 Å². The van der Waals surface area contributed by atoms with Gasteiger partial charge in [0.25, 0.3) is 5.91 Å². The number of aromatic hydroxyl groups is 1. The van der Waals surface area contributed by atoms with Crippen LogP contribution in [0.25, 0.3) is 0 Å². The predicted molar refractivity (Wildman–Crippen MR) is 119 cm³/mol. The molecule has 2 aliphatic rings. The average Bonchev–Trinajstić information content (AvgIpc) is 3.37. The number of amides is 2. The Bertz CT molecular complexity index is 786. The first-order valence-electron chi connectivity index (χ1n) is 11.3. The van der Waals surface area contributed by atoms with Gasteiger partial charge in [0.2, 0.25) is 5.91 Å². The van der Waals surface area contributed by atoms with Crippen LogP contribution in [-0.4, -0.2) is 48.0 Å². The molecule has 1 saturated heterocycles. The van der Waals surface area contributed by atoms with Crippen LogP contribution in [0.15, 0.2) is 18.2 Å². The number of Topliss-reactive ketones (excluding diaryl/α,β-unsaturated/α-hetero) is 1. The first-order valence-corrected chi connectivity index (χ1v) is 11.3. The van der Waals surface area contributed by atoms with E-state index in [2.05, 4.69) is 17.6 Å². The molecule has 2 amide bonds. The molecule has 172 valence electrons. The number of ketones is 1. The summed E-state index contributed by atoms with van der Waals surface area (Å²) in [5.74, 6) is -0.724. The van der Waals surface area contributed by atoms with Crippen LogP contribution >= 0.6 is 0 Å². The Morgan fingerprint density at radius 2 is 1.94 bits per heavy atom. The summed E-state index contributed by atoms with van der Waals surface area (Å²) in [5.41, 5.74) is 1.05. The zero-order valence-electron chi connectivity index (χ0n) is 19.1. The maximum absolute atomic E-state index is 12.9. The Labute approximate surface area is 184 Å². The third-order valence-electron chi connectivity index (χ3n) is 6.09. The van der Waals surface area contributed by atoms with Gasteiger partial charge in [-0.3, -0.25) is 14.4 Å². The van der Waals surface area contributed by atoms with Crippen molar-refractivity contribution < 1.29 is 24.2 Å². The fourth-order valence-corrected chi connectivity index (χ4v) is 4.25. The minimum absolute atomic E-state index is 0.00694. The number of hydrogen-bond acceptors (Lipinski definition) is 5. The van der Waals surface area contributed by atoms with Crippen molar-refractivity contribution in [3.05, 3.63) is 29.3 Å². The molecule has 7 nitrogen and oxygen atoms in total. The van der Waals surface area contributed by atoms with E-state index in [1.54, 1.807) is 12.1 Å². The summed E-state index contributed by atoms with van der Waals surface area (Å²) in [4.78, 5) is 37.6. The monoisotopic (exact) mass is 432 g/mol. The molecule has 2 atom stereocenters. The summed E-state index contributed by atoms with van der Waals surface area (Å²) in [6.07, 6.45) is 5.37. The molecule has 0 radical (unpaired) electrons. The molecule has 1 unspecified atom stereocenters. The van der Waals surface area contributed by atoms with Gasteiger partial charge in [0.05, 0.1) is 6.61 Å². The van der Waals surface area contributed by atoms with Crippen molar-refractivity contribution in [2.75, 3.05) is 13.2 Å². The van der Waals surface area contributed by atoms with Crippen LogP contribution in [-0.2, 0) is 20.7 Å². The van der Waals surface area contributed by atoms with Gasteiger partial charge in [-0.2, -0.15) is 0 Å². The lowest BCUT2D eigenvalue weighted by Crippen LogP contribution is -2.52. The Hall–Kier alpha value is -2.41. The highest BCUT2D eigenvalue weighted by atomic mass is 16.5. The van der Waals surface area contributed by atoms with E-state index in [1.807, 2.05) is 20.8 Å². The van der Waals surface area contributed by atoms with Crippen molar-refractivity contribution in [1.82, 2.24) is 10.6 Å². The standard InChI is InChI=1S/C22H30N2O5.C2H6/c1-3-14-10-15(6-7-18(14)25)20(27)23-16(11-22(2)8-4-5-9-22)21(28)24-17-12-29-13-19(17)26;1-2/h6-7,10,16-17,25H,3-5,8-9,11-13H2,1-2H3,(H,23,27)(H,24,28);1-2H3/t16?,17-;/m0./s1. The lowest BCUT2D eigenvalue weighted by atomic mass is 9.81. The van der Waals surface area contributed by atoms with Crippen LogP contribution in [0.3, 0.4) is 0 Å². The van der Waals surface area contributed by atoms with Gasteiger partial charge in [-0.15, -0.1) is 0 Å². The molecule has 1 aliphatic heterocycles. The molecule has 3 rings (SSSR count). The van der Waals surface area contributed by atoms with Crippen molar-refractivity contribution >= 4 is 17.6 Å². The topological polar surface area (TPSA) is 105 Å². The zero-order chi connectivity index (χ0) is 23.0. The second kappa shape index (κ2) is 11.3. The van der Waals surface area contributed by atoms with Crippen molar-refractivity contribution in [2.45, 2.75) is 78.3 Å². The normalized spacial score (nSPS) is 20.5. The van der Waals surface area contributed by atoms with Crippen molar-refractivity contribution in [1.29, 1.82) is 0 Å². The van der Waals surface area contributed by atoms with Gasteiger partial charge >= 0.3 is 0 Å². The van der Waals surface area contributed by atoms with Gasteiger partial charge in [0, 0.05) is 5.56 Å². The van der Waals surface area contributed by atoms with E-state index in [0.29, 0.717) is 24.0 Å². The predicted octanol–water partition coefficient (Wildman–Crippen LogP) is 3.13. The van der Waals surface area contributed by atoms with Gasteiger partial charge in [-0.25, -0.2) is 0 Å². The number of phenolic OH excluding ortho intramolecular Hbond substituents is 1.